The first kappa shape index (κ1) is 14.2. The van der Waals surface area contributed by atoms with E-state index in [4.69, 9.17) is 5.11 Å². The summed E-state index contributed by atoms with van der Waals surface area (Å²) < 4.78 is 0. The van der Waals surface area contributed by atoms with Gasteiger partial charge in [0.05, 0.1) is 6.42 Å². The smallest absolute Gasteiger partial charge is 0.326 e. The van der Waals surface area contributed by atoms with Crippen molar-refractivity contribution < 1.29 is 14.7 Å². The monoisotopic (exact) mass is 249 g/mol. The summed E-state index contributed by atoms with van der Waals surface area (Å²) >= 11 is 0. The molecule has 4 nitrogen and oxygen atoms in total. The first-order valence-corrected chi connectivity index (χ1v) is 5.98. The van der Waals surface area contributed by atoms with Crippen LogP contribution in [0.15, 0.2) is 24.3 Å². The lowest BCUT2D eigenvalue weighted by Crippen LogP contribution is -2.44. The van der Waals surface area contributed by atoms with E-state index < -0.39 is 12.0 Å². The molecule has 0 radical (unpaired) electrons. The molecule has 0 heterocycles. The Hall–Kier alpha value is -1.84. The van der Waals surface area contributed by atoms with E-state index in [2.05, 4.69) is 5.32 Å². The summed E-state index contributed by atoms with van der Waals surface area (Å²) in [5.41, 5.74) is 2.01. The molecule has 0 fully saturated rings. The molecule has 0 bridgehead atoms. The summed E-state index contributed by atoms with van der Waals surface area (Å²) in [5, 5.41) is 11.5. The molecule has 1 atom stereocenters. The van der Waals surface area contributed by atoms with E-state index in [9.17, 15) is 9.59 Å². The number of aryl methyl sites for hydroxylation is 1. The van der Waals surface area contributed by atoms with E-state index in [0.29, 0.717) is 0 Å². The fourth-order valence-electron chi connectivity index (χ4n) is 1.63. The van der Waals surface area contributed by atoms with Crippen LogP contribution in [0.5, 0.6) is 0 Å². The normalized spacial score (nSPS) is 12.2. The highest BCUT2D eigenvalue weighted by Crippen LogP contribution is 2.06. The topological polar surface area (TPSA) is 66.4 Å². The fraction of sp³-hybridized carbons (Fsp3) is 0.429. The quantitative estimate of drug-likeness (QED) is 0.835. The third kappa shape index (κ3) is 4.20. The summed E-state index contributed by atoms with van der Waals surface area (Å²) in [5.74, 6) is -1.40. The van der Waals surface area contributed by atoms with Crippen molar-refractivity contribution >= 4 is 11.9 Å². The van der Waals surface area contributed by atoms with Gasteiger partial charge in [-0.25, -0.2) is 4.79 Å². The van der Waals surface area contributed by atoms with Crippen LogP contribution in [0.2, 0.25) is 0 Å². The Labute approximate surface area is 107 Å². The lowest BCUT2D eigenvalue weighted by molar-refractivity contribution is -0.143. The van der Waals surface area contributed by atoms with Crippen LogP contribution >= 0.6 is 0 Å². The number of nitrogens with one attached hydrogen (secondary N) is 1. The molecule has 0 aromatic heterocycles. The molecule has 4 heteroatoms. The zero-order chi connectivity index (χ0) is 13.7. The van der Waals surface area contributed by atoms with Crippen LogP contribution in [0.25, 0.3) is 0 Å². The number of rotatable bonds is 5. The number of carbonyl (C=O) groups excluding carboxylic acids is 1. The summed E-state index contributed by atoms with van der Waals surface area (Å²) in [6.45, 7) is 5.51. The minimum absolute atomic E-state index is 0.135. The SMILES string of the molecule is Cc1ccc(CC(=O)N[C@@H](C(=O)O)C(C)C)cc1. The number of carboxylic acids is 1. The van der Waals surface area contributed by atoms with Gasteiger partial charge in [0.2, 0.25) is 5.91 Å². The Bertz CT molecular complexity index is 423. The van der Waals surface area contributed by atoms with Crippen molar-refractivity contribution in [2.24, 2.45) is 5.92 Å². The average Bonchev–Trinajstić information content (AvgIpc) is 2.28. The highest BCUT2D eigenvalue weighted by atomic mass is 16.4. The molecule has 0 unspecified atom stereocenters. The molecule has 1 amide bonds. The van der Waals surface area contributed by atoms with Crippen molar-refractivity contribution in [2.75, 3.05) is 0 Å². The lowest BCUT2D eigenvalue weighted by atomic mass is 10.0. The molecule has 0 saturated carbocycles. The number of aliphatic carboxylic acids is 1. The minimum Gasteiger partial charge on any atom is -0.480 e. The predicted molar refractivity (Wildman–Crippen MR) is 69.3 cm³/mol. The Morgan fingerprint density at radius 1 is 1.22 bits per heavy atom. The standard InChI is InChI=1S/C14H19NO3/c1-9(2)13(14(17)18)15-12(16)8-11-6-4-10(3)5-7-11/h4-7,9,13H,8H2,1-3H3,(H,15,16)(H,17,18)/t13-/m1/s1. The van der Waals surface area contributed by atoms with Crippen LogP contribution in [-0.4, -0.2) is 23.0 Å². The molecule has 0 saturated heterocycles. The molecule has 18 heavy (non-hydrogen) atoms. The van der Waals surface area contributed by atoms with E-state index >= 15 is 0 Å². The number of carboxylic acid groups (broad SMARTS) is 1. The third-order valence-electron chi connectivity index (χ3n) is 2.73. The van der Waals surface area contributed by atoms with Crippen LogP contribution in [0.4, 0.5) is 0 Å². The molecular formula is C14H19NO3. The van der Waals surface area contributed by atoms with Crippen molar-refractivity contribution in [2.45, 2.75) is 33.2 Å². The molecular weight excluding hydrogens is 230 g/mol. The zero-order valence-electron chi connectivity index (χ0n) is 10.9. The maximum absolute atomic E-state index is 11.7. The zero-order valence-corrected chi connectivity index (χ0v) is 10.9. The molecule has 2 N–H and O–H groups in total. The van der Waals surface area contributed by atoms with Gasteiger partial charge >= 0.3 is 5.97 Å². The van der Waals surface area contributed by atoms with Gasteiger partial charge in [-0.05, 0) is 18.4 Å². The number of benzene rings is 1. The van der Waals surface area contributed by atoms with E-state index in [0.717, 1.165) is 11.1 Å². The van der Waals surface area contributed by atoms with Gasteiger partial charge in [0, 0.05) is 0 Å². The van der Waals surface area contributed by atoms with E-state index in [-0.39, 0.29) is 18.2 Å². The minimum atomic E-state index is -0.998. The second kappa shape index (κ2) is 6.19. The molecule has 0 aliphatic heterocycles. The predicted octanol–water partition coefficient (Wildman–Crippen LogP) is 1.76. The number of hydrogen-bond donors (Lipinski definition) is 2. The maximum Gasteiger partial charge on any atom is 0.326 e. The van der Waals surface area contributed by atoms with Gasteiger partial charge in [-0.1, -0.05) is 43.7 Å². The van der Waals surface area contributed by atoms with E-state index in [1.807, 2.05) is 31.2 Å². The summed E-state index contributed by atoms with van der Waals surface area (Å²) in [7, 11) is 0. The van der Waals surface area contributed by atoms with Crippen molar-refractivity contribution in [3.8, 4) is 0 Å². The Balaban J connectivity index is 2.60. The van der Waals surface area contributed by atoms with Crippen molar-refractivity contribution in [1.29, 1.82) is 0 Å². The maximum atomic E-state index is 11.7. The lowest BCUT2D eigenvalue weighted by Gasteiger charge is -2.17. The number of amides is 1. The fourth-order valence-corrected chi connectivity index (χ4v) is 1.63. The van der Waals surface area contributed by atoms with Crippen molar-refractivity contribution in [3.63, 3.8) is 0 Å². The highest BCUT2D eigenvalue weighted by molar-refractivity contribution is 5.85. The molecule has 1 rings (SSSR count). The van der Waals surface area contributed by atoms with Crippen LogP contribution in [0, 0.1) is 12.8 Å². The van der Waals surface area contributed by atoms with Crippen LogP contribution in [0.3, 0.4) is 0 Å². The average molecular weight is 249 g/mol. The van der Waals surface area contributed by atoms with Crippen molar-refractivity contribution in [3.05, 3.63) is 35.4 Å². The Morgan fingerprint density at radius 2 is 1.78 bits per heavy atom. The van der Waals surface area contributed by atoms with Gasteiger partial charge in [0.25, 0.3) is 0 Å². The van der Waals surface area contributed by atoms with Crippen molar-refractivity contribution in [1.82, 2.24) is 5.32 Å². The van der Waals surface area contributed by atoms with Crippen LogP contribution in [-0.2, 0) is 16.0 Å². The summed E-state index contributed by atoms with van der Waals surface area (Å²) in [6, 6.07) is 6.78. The third-order valence-corrected chi connectivity index (χ3v) is 2.73. The van der Waals surface area contributed by atoms with E-state index in [1.54, 1.807) is 13.8 Å². The Kier molecular flexibility index (Phi) is 4.89. The largest absolute Gasteiger partial charge is 0.480 e. The highest BCUT2D eigenvalue weighted by Gasteiger charge is 2.23. The molecule has 0 aliphatic rings. The first-order valence-electron chi connectivity index (χ1n) is 5.98. The van der Waals surface area contributed by atoms with Gasteiger partial charge in [-0.15, -0.1) is 0 Å². The molecule has 0 spiro atoms. The van der Waals surface area contributed by atoms with Crippen LogP contribution < -0.4 is 5.32 Å². The number of carbonyl (C=O) groups is 2. The van der Waals surface area contributed by atoms with Crippen LogP contribution in [0.1, 0.15) is 25.0 Å². The van der Waals surface area contributed by atoms with Gasteiger partial charge in [0.1, 0.15) is 6.04 Å². The summed E-state index contributed by atoms with van der Waals surface area (Å²) in [6.07, 6.45) is 0.205. The molecule has 1 aromatic carbocycles. The van der Waals surface area contributed by atoms with Gasteiger partial charge in [-0.3, -0.25) is 4.79 Å². The molecule has 0 aliphatic carbocycles. The van der Waals surface area contributed by atoms with Gasteiger partial charge in [0.15, 0.2) is 0 Å². The second-order valence-electron chi connectivity index (χ2n) is 4.79. The summed E-state index contributed by atoms with van der Waals surface area (Å²) in [4.78, 5) is 22.7. The van der Waals surface area contributed by atoms with Gasteiger partial charge in [-0.2, -0.15) is 0 Å². The molecule has 1 aromatic rings. The van der Waals surface area contributed by atoms with E-state index in [1.165, 1.54) is 0 Å². The first-order chi connectivity index (χ1) is 8.40. The molecule has 98 valence electrons. The van der Waals surface area contributed by atoms with Gasteiger partial charge < -0.3 is 10.4 Å². The Morgan fingerprint density at radius 3 is 2.22 bits per heavy atom. The second-order valence-corrected chi connectivity index (χ2v) is 4.79. The number of hydrogen-bond acceptors (Lipinski definition) is 2.